The molecule has 0 saturated heterocycles. The van der Waals surface area contributed by atoms with Crippen LogP contribution in [0.1, 0.15) is 13.3 Å². The highest BCUT2D eigenvalue weighted by Crippen LogP contribution is 2.30. The summed E-state index contributed by atoms with van der Waals surface area (Å²) in [5.74, 6) is 0.449. The summed E-state index contributed by atoms with van der Waals surface area (Å²) in [7, 11) is -2.86. The van der Waals surface area contributed by atoms with Crippen LogP contribution in [0.5, 0.6) is 0 Å². The van der Waals surface area contributed by atoms with Crippen molar-refractivity contribution in [2.24, 2.45) is 0 Å². The van der Waals surface area contributed by atoms with Crippen LogP contribution in [0.3, 0.4) is 0 Å². The van der Waals surface area contributed by atoms with Crippen molar-refractivity contribution in [3.05, 3.63) is 27.1 Å². The molecule has 0 atom stereocenters. The zero-order chi connectivity index (χ0) is 12.9. The van der Waals surface area contributed by atoms with Crippen LogP contribution in [0.4, 0.5) is 5.69 Å². The van der Waals surface area contributed by atoms with Gasteiger partial charge in [0.25, 0.3) is 0 Å². The van der Waals surface area contributed by atoms with Crippen LogP contribution in [-0.4, -0.2) is 26.5 Å². The Hall–Kier alpha value is -0.0700. The molecule has 96 valence electrons. The van der Waals surface area contributed by atoms with Crippen molar-refractivity contribution < 1.29 is 8.42 Å². The Morgan fingerprint density at radius 2 is 1.82 bits per heavy atom. The van der Waals surface area contributed by atoms with E-state index in [0.717, 1.165) is 14.6 Å². The number of nitrogens with one attached hydrogen (secondary N) is 1. The zero-order valence-corrected chi connectivity index (χ0v) is 13.5. The molecule has 0 bridgehead atoms. The molecular weight excluding hydrogens is 370 g/mol. The number of sulfone groups is 1. The average Bonchev–Trinajstić information content (AvgIpc) is 2.27. The summed E-state index contributed by atoms with van der Waals surface area (Å²) in [6.45, 7) is 2.31. The number of rotatable bonds is 6. The molecule has 0 spiro atoms. The summed E-state index contributed by atoms with van der Waals surface area (Å²) in [4.78, 5) is 0. The first-order chi connectivity index (χ1) is 7.96. The van der Waals surface area contributed by atoms with E-state index >= 15 is 0 Å². The largest absolute Gasteiger partial charge is 0.383 e. The molecule has 0 unspecified atom stereocenters. The average molecular weight is 385 g/mol. The minimum Gasteiger partial charge on any atom is -0.383 e. The summed E-state index contributed by atoms with van der Waals surface area (Å²) >= 11 is 6.88. The predicted molar refractivity (Wildman–Crippen MR) is 79.3 cm³/mol. The van der Waals surface area contributed by atoms with Crippen molar-refractivity contribution >= 4 is 47.4 Å². The summed E-state index contributed by atoms with van der Waals surface area (Å²) in [5, 5.41) is 3.22. The number of hydrogen-bond donors (Lipinski definition) is 1. The Labute approximate surface area is 119 Å². The highest BCUT2D eigenvalue weighted by molar-refractivity contribution is 9.11. The molecule has 1 aromatic carbocycles. The van der Waals surface area contributed by atoms with Crippen LogP contribution in [0.2, 0.25) is 0 Å². The van der Waals surface area contributed by atoms with Crippen molar-refractivity contribution in [3.8, 4) is 0 Å². The van der Waals surface area contributed by atoms with Gasteiger partial charge in [-0.2, -0.15) is 0 Å². The van der Waals surface area contributed by atoms with Gasteiger partial charge in [-0.3, -0.25) is 0 Å². The summed E-state index contributed by atoms with van der Waals surface area (Å²) in [5.41, 5.74) is 0.960. The van der Waals surface area contributed by atoms with Gasteiger partial charge in [0, 0.05) is 21.2 Å². The summed E-state index contributed by atoms with van der Waals surface area (Å²) < 4.78 is 24.5. The van der Waals surface area contributed by atoms with Crippen LogP contribution >= 0.6 is 31.9 Å². The maximum atomic E-state index is 11.3. The molecule has 0 heterocycles. The van der Waals surface area contributed by atoms with E-state index in [1.54, 1.807) is 6.92 Å². The number of anilines is 1. The van der Waals surface area contributed by atoms with Gasteiger partial charge in [-0.1, -0.05) is 13.0 Å². The fraction of sp³-hybridized carbons (Fsp3) is 0.455. The third kappa shape index (κ3) is 4.97. The van der Waals surface area contributed by atoms with Crippen LogP contribution in [0.15, 0.2) is 27.1 Å². The first kappa shape index (κ1) is 15.0. The van der Waals surface area contributed by atoms with E-state index in [1.807, 2.05) is 18.2 Å². The second kappa shape index (κ2) is 6.75. The highest BCUT2D eigenvalue weighted by Gasteiger charge is 2.07. The molecule has 0 aliphatic rings. The molecule has 1 N–H and O–H groups in total. The Morgan fingerprint density at radius 3 is 2.35 bits per heavy atom. The monoisotopic (exact) mass is 383 g/mol. The Kier molecular flexibility index (Phi) is 5.95. The molecule has 0 aliphatic carbocycles. The van der Waals surface area contributed by atoms with E-state index in [9.17, 15) is 8.42 Å². The Morgan fingerprint density at radius 1 is 1.24 bits per heavy atom. The molecule has 3 nitrogen and oxygen atoms in total. The SMILES string of the molecule is CCS(=O)(=O)CCCNc1c(Br)cccc1Br. The Bertz CT molecular complexity index is 454. The fourth-order valence-corrected chi connectivity index (χ4v) is 3.47. The Balaban J connectivity index is 2.47. The molecular formula is C11H15Br2NO2S. The van der Waals surface area contributed by atoms with Gasteiger partial charge in [0.2, 0.25) is 0 Å². The van der Waals surface area contributed by atoms with E-state index in [-0.39, 0.29) is 11.5 Å². The summed E-state index contributed by atoms with van der Waals surface area (Å²) in [6, 6.07) is 5.81. The molecule has 1 rings (SSSR count). The lowest BCUT2D eigenvalue weighted by Crippen LogP contribution is -2.13. The van der Waals surface area contributed by atoms with Gasteiger partial charge in [-0.15, -0.1) is 0 Å². The van der Waals surface area contributed by atoms with Crippen LogP contribution < -0.4 is 5.32 Å². The predicted octanol–water partition coefficient (Wildman–Crippen LogP) is 3.45. The second-order valence-electron chi connectivity index (χ2n) is 3.61. The van der Waals surface area contributed by atoms with Crippen molar-refractivity contribution in [3.63, 3.8) is 0 Å². The molecule has 0 aliphatic heterocycles. The van der Waals surface area contributed by atoms with Crippen LogP contribution in [0, 0.1) is 0 Å². The summed E-state index contributed by atoms with van der Waals surface area (Å²) in [6.07, 6.45) is 0.615. The van der Waals surface area contributed by atoms with Crippen molar-refractivity contribution in [1.29, 1.82) is 0 Å². The number of benzene rings is 1. The van der Waals surface area contributed by atoms with Crippen LogP contribution in [0.25, 0.3) is 0 Å². The fourth-order valence-electron chi connectivity index (χ4n) is 1.32. The number of para-hydroxylation sites is 1. The first-order valence-electron chi connectivity index (χ1n) is 5.34. The molecule has 0 radical (unpaired) electrons. The molecule has 0 fully saturated rings. The van der Waals surface area contributed by atoms with Crippen molar-refractivity contribution in [2.75, 3.05) is 23.4 Å². The number of halogens is 2. The van der Waals surface area contributed by atoms with Gasteiger partial charge in [0.15, 0.2) is 0 Å². The van der Waals surface area contributed by atoms with Gasteiger partial charge in [-0.05, 0) is 50.4 Å². The molecule has 0 saturated carbocycles. The maximum absolute atomic E-state index is 11.3. The lowest BCUT2D eigenvalue weighted by Gasteiger charge is -2.10. The standard InChI is InChI=1S/C11H15Br2NO2S/c1-2-17(15,16)8-4-7-14-11-9(12)5-3-6-10(11)13/h3,5-6,14H,2,4,7-8H2,1H3. The van der Waals surface area contributed by atoms with E-state index in [4.69, 9.17) is 0 Å². The minimum atomic E-state index is -2.86. The molecule has 1 aromatic rings. The van der Waals surface area contributed by atoms with E-state index < -0.39 is 9.84 Å². The lowest BCUT2D eigenvalue weighted by molar-refractivity contribution is 0.595. The normalized spacial score (nSPS) is 11.5. The van der Waals surface area contributed by atoms with Gasteiger partial charge >= 0.3 is 0 Å². The van der Waals surface area contributed by atoms with Crippen LogP contribution in [-0.2, 0) is 9.84 Å². The molecule has 6 heteroatoms. The molecule has 17 heavy (non-hydrogen) atoms. The van der Waals surface area contributed by atoms with Gasteiger partial charge < -0.3 is 5.32 Å². The first-order valence-corrected chi connectivity index (χ1v) is 8.75. The van der Waals surface area contributed by atoms with Gasteiger partial charge in [-0.25, -0.2) is 8.42 Å². The smallest absolute Gasteiger partial charge is 0.150 e. The lowest BCUT2D eigenvalue weighted by atomic mass is 10.3. The van der Waals surface area contributed by atoms with E-state index in [1.165, 1.54) is 0 Å². The third-order valence-corrected chi connectivity index (χ3v) is 5.45. The van der Waals surface area contributed by atoms with Crippen molar-refractivity contribution in [1.82, 2.24) is 0 Å². The van der Waals surface area contributed by atoms with Crippen molar-refractivity contribution in [2.45, 2.75) is 13.3 Å². The van der Waals surface area contributed by atoms with Gasteiger partial charge in [0.1, 0.15) is 9.84 Å². The number of hydrogen-bond acceptors (Lipinski definition) is 3. The third-order valence-electron chi connectivity index (χ3n) is 2.34. The van der Waals surface area contributed by atoms with E-state index in [0.29, 0.717) is 13.0 Å². The zero-order valence-electron chi connectivity index (χ0n) is 9.54. The minimum absolute atomic E-state index is 0.214. The van der Waals surface area contributed by atoms with Gasteiger partial charge in [0.05, 0.1) is 11.4 Å². The topological polar surface area (TPSA) is 46.2 Å². The quantitative estimate of drug-likeness (QED) is 0.764. The maximum Gasteiger partial charge on any atom is 0.150 e. The molecule has 0 aromatic heterocycles. The second-order valence-corrected chi connectivity index (χ2v) is 7.79. The molecule has 0 amide bonds. The highest BCUT2D eigenvalue weighted by atomic mass is 79.9. The van der Waals surface area contributed by atoms with E-state index in [2.05, 4.69) is 37.2 Å².